The lowest BCUT2D eigenvalue weighted by molar-refractivity contribution is -0.387. The Morgan fingerprint density at radius 2 is 2.03 bits per heavy atom. The van der Waals surface area contributed by atoms with Gasteiger partial charge in [0.15, 0.2) is 0 Å². The number of nitrogens with one attached hydrogen (secondary N) is 1. The van der Waals surface area contributed by atoms with Crippen LogP contribution in [0.4, 0.5) is 15.8 Å². The van der Waals surface area contributed by atoms with E-state index < -0.39 is 21.7 Å². The first-order valence-electron chi connectivity index (χ1n) is 9.36. The molecule has 4 rings (SSSR count). The van der Waals surface area contributed by atoms with Gasteiger partial charge < -0.3 is 5.32 Å². The molecule has 2 aromatic carbocycles. The predicted molar refractivity (Wildman–Crippen MR) is 110 cm³/mol. The minimum atomic E-state index is -0.955. The topological polar surface area (TPSA) is 103 Å². The fourth-order valence-electron chi connectivity index (χ4n) is 2.91. The summed E-state index contributed by atoms with van der Waals surface area (Å²) in [6.07, 6.45) is 2.13. The van der Waals surface area contributed by atoms with Crippen molar-refractivity contribution in [2.24, 2.45) is 0 Å². The lowest BCUT2D eigenvalue weighted by Gasteiger charge is -2.10. The zero-order valence-electron chi connectivity index (χ0n) is 16.0. The maximum atomic E-state index is 13.5. The summed E-state index contributed by atoms with van der Waals surface area (Å²) in [5.41, 5.74) is 0.377. The number of hydrogen-bond acceptors (Lipinski definition) is 6. The van der Waals surface area contributed by atoms with Crippen LogP contribution in [0.1, 0.15) is 31.5 Å². The highest BCUT2D eigenvalue weighted by Crippen LogP contribution is 2.40. The van der Waals surface area contributed by atoms with Crippen molar-refractivity contribution in [2.45, 2.75) is 36.1 Å². The van der Waals surface area contributed by atoms with E-state index >= 15 is 0 Å². The van der Waals surface area contributed by atoms with Gasteiger partial charge >= 0.3 is 5.69 Å². The number of aromatic nitrogens is 3. The molecule has 0 radical (unpaired) electrons. The molecule has 8 nitrogen and oxygen atoms in total. The number of anilines is 1. The number of para-hydroxylation sites is 1. The van der Waals surface area contributed by atoms with Crippen molar-refractivity contribution in [3.05, 3.63) is 70.3 Å². The molecule has 10 heteroatoms. The fourth-order valence-corrected chi connectivity index (χ4v) is 3.66. The van der Waals surface area contributed by atoms with Gasteiger partial charge in [-0.2, -0.15) is 4.39 Å². The van der Waals surface area contributed by atoms with Gasteiger partial charge in [-0.3, -0.25) is 14.9 Å². The predicted octanol–water partition coefficient (Wildman–Crippen LogP) is 4.31. The Bertz CT molecular complexity index is 1100. The number of nitro benzene ring substituents is 1. The van der Waals surface area contributed by atoms with Crippen LogP contribution in [0.5, 0.6) is 0 Å². The summed E-state index contributed by atoms with van der Waals surface area (Å²) < 4.78 is 15.3. The van der Waals surface area contributed by atoms with Crippen LogP contribution in [0.2, 0.25) is 0 Å². The van der Waals surface area contributed by atoms with Crippen molar-refractivity contribution in [3.63, 3.8) is 0 Å². The monoisotopic (exact) mass is 427 g/mol. The summed E-state index contributed by atoms with van der Waals surface area (Å²) >= 11 is 1.20. The molecule has 0 aliphatic heterocycles. The molecule has 1 unspecified atom stereocenters. The molecule has 1 aliphatic carbocycles. The SMILES string of the molecule is CC(Sc1nc(C2CC2)n(-c2ccccc2)n1)C(=O)Nc1ccc(F)c([N+](=O)[O-])c1. The molecular formula is C20H18FN5O3S. The van der Waals surface area contributed by atoms with Crippen molar-refractivity contribution >= 4 is 29.0 Å². The standard InChI is InChI=1S/C20H18FN5O3S/c1-12(19(27)22-14-9-10-16(21)17(11-14)26(28)29)30-20-23-18(13-7-8-13)25(24-20)15-5-3-2-4-6-15/h2-6,9-13H,7-8H2,1H3,(H,22,27). The van der Waals surface area contributed by atoms with Crippen LogP contribution >= 0.6 is 11.8 Å². The second-order valence-corrected chi connectivity index (χ2v) is 8.25. The summed E-state index contributed by atoms with van der Waals surface area (Å²) in [6.45, 7) is 1.69. The second kappa shape index (κ2) is 8.23. The molecule has 1 heterocycles. The van der Waals surface area contributed by atoms with E-state index in [1.165, 1.54) is 17.8 Å². The molecule has 0 saturated heterocycles. The normalized spacial score (nSPS) is 14.3. The van der Waals surface area contributed by atoms with Crippen LogP contribution < -0.4 is 5.32 Å². The van der Waals surface area contributed by atoms with Gasteiger partial charge in [-0.05, 0) is 44.0 Å². The summed E-state index contributed by atoms with van der Waals surface area (Å²) in [5.74, 6) is -0.0879. The minimum absolute atomic E-state index is 0.155. The highest BCUT2D eigenvalue weighted by atomic mass is 32.2. The number of nitro groups is 1. The smallest absolute Gasteiger partial charge is 0.306 e. The van der Waals surface area contributed by atoms with E-state index in [9.17, 15) is 19.3 Å². The lowest BCUT2D eigenvalue weighted by atomic mass is 10.2. The molecule has 0 bridgehead atoms. The molecule has 1 atom stereocenters. The number of rotatable bonds is 7. The van der Waals surface area contributed by atoms with Crippen molar-refractivity contribution in [2.75, 3.05) is 5.32 Å². The van der Waals surface area contributed by atoms with Gasteiger partial charge in [-0.15, -0.1) is 5.10 Å². The molecule has 1 fully saturated rings. The molecule has 1 saturated carbocycles. The molecule has 3 aromatic rings. The Balaban J connectivity index is 1.49. The highest BCUT2D eigenvalue weighted by Gasteiger charge is 2.31. The number of halogens is 1. The van der Waals surface area contributed by atoms with E-state index in [-0.39, 0.29) is 11.6 Å². The zero-order valence-corrected chi connectivity index (χ0v) is 16.8. The molecule has 154 valence electrons. The maximum Gasteiger partial charge on any atom is 0.306 e. The first-order chi connectivity index (χ1) is 14.4. The van der Waals surface area contributed by atoms with E-state index in [0.717, 1.165) is 36.5 Å². The Kier molecular flexibility index (Phi) is 5.49. The van der Waals surface area contributed by atoms with Crippen molar-refractivity contribution in [1.29, 1.82) is 0 Å². The molecular weight excluding hydrogens is 409 g/mol. The van der Waals surface area contributed by atoms with E-state index in [0.29, 0.717) is 11.1 Å². The lowest BCUT2D eigenvalue weighted by Crippen LogP contribution is -2.22. The number of hydrogen-bond donors (Lipinski definition) is 1. The number of benzene rings is 2. The van der Waals surface area contributed by atoms with Gasteiger partial charge in [0.25, 0.3) is 0 Å². The van der Waals surface area contributed by atoms with Crippen molar-refractivity contribution in [3.8, 4) is 5.69 Å². The molecule has 1 N–H and O–H groups in total. The first kappa shape index (κ1) is 20.0. The third kappa shape index (κ3) is 4.33. The molecule has 1 aliphatic rings. The van der Waals surface area contributed by atoms with Gasteiger partial charge in [0, 0.05) is 17.7 Å². The summed E-state index contributed by atoms with van der Waals surface area (Å²) in [6, 6.07) is 12.9. The molecule has 30 heavy (non-hydrogen) atoms. The maximum absolute atomic E-state index is 13.5. The number of carbonyl (C=O) groups is 1. The number of carbonyl (C=O) groups excluding carboxylic acids is 1. The van der Waals surface area contributed by atoms with Crippen molar-refractivity contribution < 1.29 is 14.1 Å². The summed E-state index contributed by atoms with van der Waals surface area (Å²) in [4.78, 5) is 27.2. The Morgan fingerprint density at radius 1 is 1.30 bits per heavy atom. The largest absolute Gasteiger partial charge is 0.325 e. The van der Waals surface area contributed by atoms with Crippen LogP contribution in [0.15, 0.2) is 53.7 Å². The number of nitrogens with zero attached hydrogens (tertiary/aromatic N) is 4. The van der Waals surface area contributed by atoms with Gasteiger partial charge in [0.2, 0.25) is 16.9 Å². The quantitative estimate of drug-likeness (QED) is 0.342. The third-order valence-corrected chi connectivity index (χ3v) is 5.57. The Hall–Kier alpha value is -3.27. The zero-order chi connectivity index (χ0) is 21.3. The van der Waals surface area contributed by atoms with Crippen LogP contribution in [0, 0.1) is 15.9 Å². The van der Waals surface area contributed by atoms with Gasteiger partial charge in [0.05, 0.1) is 15.9 Å². The van der Waals surface area contributed by atoms with Crippen LogP contribution in [-0.4, -0.2) is 30.8 Å². The second-order valence-electron chi connectivity index (χ2n) is 6.95. The third-order valence-electron chi connectivity index (χ3n) is 4.62. The van der Waals surface area contributed by atoms with Crippen LogP contribution in [0.25, 0.3) is 5.69 Å². The van der Waals surface area contributed by atoms with E-state index in [1.807, 2.05) is 35.0 Å². The van der Waals surface area contributed by atoms with Crippen molar-refractivity contribution in [1.82, 2.24) is 14.8 Å². The average Bonchev–Trinajstić information content (AvgIpc) is 3.50. The Morgan fingerprint density at radius 3 is 2.70 bits per heavy atom. The Labute approximate surface area is 175 Å². The average molecular weight is 427 g/mol. The minimum Gasteiger partial charge on any atom is -0.325 e. The molecule has 1 aromatic heterocycles. The number of amides is 1. The van der Waals surface area contributed by atoms with Gasteiger partial charge in [-0.1, -0.05) is 30.0 Å². The summed E-state index contributed by atoms with van der Waals surface area (Å²) in [5, 5.41) is 17.9. The molecule has 0 spiro atoms. The molecule has 1 amide bonds. The fraction of sp³-hybridized carbons (Fsp3) is 0.250. The summed E-state index contributed by atoms with van der Waals surface area (Å²) in [7, 11) is 0. The highest BCUT2D eigenvalue weighted by molar-refractivity contribution is 8.00. The van der Waals surface area contributed by atoms with Crippen LogP contribution in [-0.2, 0) is 4.79 Å². The number of thioether (sulfide) groups is 1. The van der Waals surface area contributed by atoms with E-state index in [2.05, 4.69) is 15.4 Å². The first-order valence-corrected chi connectivity index (χ1v) is 10.2. The van der Waals surface area contributed by atoms with Gasteiger partial charge in [0.1, 0.15) is 5.82 Å². The van der Waals surface area contributed by atoms with E-state index in [1.54, 1.807) is 6.92 Å². The van der Waals surface area contributed by atoms with E-state index in [4.69, 9.17) is 0 Å². The van der Waals surface area contributed by atoms with Gasteiger partial charge in [-0.25, -0.2) is 9.67 Å². The van der Waals surface area contributed by atoms with Crippen LogP contribution in [0.3, 0.4) is 0 Å².